The maximum Gasteiger partial charge on any atom is 0.304 e. The molecule has 0 saturated heterocycles. The Balaban J connectivity index is 4.16. The molecule has 0 aromatic heterocycles. The Hall–Kier alpha value is -0.710. The van der Waals surface area contributed by atoms with Crippen LogP contribution >= 0.6 is 11.8 Å². The summed E-state index contributed by atoms with van der Waals surface area (Å²) in [5.74, 6) is -1.01. The van der Waals surface area contributed by atoms with Crippen LogP contribution in [0.15, 0.2) is 0 Å². The molecule has 0 heterocycles. The Morgan fingerprint density at radius 3 is 0.933 bits per heavy atom. The molecule has 0 rings (SSSR count). The third kappa shape index (κ3) is 33.0. The first-order valence-corrected chi connectivity index (χ1v) is 21.0. The van der Waals surface area contributed by atoms with E-state index in [1.54, 1.807) is 11.8 Å². The molecule has 4 nitrogen and oxygen atoms in total. The molecule has 0 aromatic carbocycles. The molecule has 0 unspecified atom stereocenters. The Bertz CT molecular complexity index is 604. The third-order valence-corrected chi connectivity index (χ3v) is 11.2. The predicted octanol–water partition coefficient (Wildman–Crippen LogP) is 13.9. The van der Waals surface area contributed by atoms with Gasteiger partial charge >= 0.3 is 11.9 Å². The van der Waals surface area contributed by atoms with E-state index in [0.29, 0.717) is 5.75 Å². The van der Waals surface area contributed by atoms with Gasteiger partial charge in [0.15, 0.2) is 0 Å². The van der Waals surface area contributed by atoms with E-state index in [-0.39, 0.29) is 17.6 Å². The van der Waals surface area contributed by atoms with E-state index in [9.17, 15) is 19.8 Å². The second-order valence-electron chi connectivity index (χ2n) is 14.1. The molecule has 0 fully saturated rings. The monoisotopic (exact) mass is 655 g/mol. The Morgan fingerprint density at radius 1 is 0.422 bits per heavy atom. The number of hydrogen-bond acceptors (Lipinski definition) is 3. The van der Waals surface area contributed by atoms with Gasteiger partial charge in [-0.2, -0.15) is 11.8 Å². The summed E-state index contributed by atoms with van der Waals surface area (Å²) in [5.41, 5.74) is 0. The number of unbranched alkanes of at least 4 members (excludes halogenated alkanes) is 28. The standard InChI is InChI=1S/C40H78O4S/c1-3-5-7-9-11-13-15-17-19-21-23-25-27-29-31-34-40(37-39(43)44,45-36-33-38(41)42)35-32-30-28-26-24-22-20-18-16-14-12-10-8-6-4-2/h3-37H2,1-2H3,(H,41,42)(H,43,44). The lowest BCUT2D eigenvalue weighted by molar-refractivity contribution is -0.138. The number of carboxylic acid groups (broad SMARTS) is 2. The van der Waals surface area contributed by atoms with E-state index < -0.39 is 11.9 Å². The minimum Gasteiger partial charge on any atom is -0.481 e. The minimum atomic E-state index is -0.786. The van der Waals surface area contributed by atoms with E-state index in [0.717, 1.165) is 38.5 Å². The van der Waals surface area contributed by atoms with Crippen LogP contribution in [0.1, 0.15) is 232 Å². The Labute approximate surface area is 285 Å². The van der Waals surface area contributed by atoms with Crippen LogP contribution in [0.3, 0.4) is 0 Å². The Kier molecular flexibility index (Phi) is 34.1. The number of thioether (sulfide) groups is 1. The molecular formula is C40H78O4S. The molecule has 0 aliphatic heterocycles. The predicted molar refractivity (Wildman–Crippen MR) is 199 cm³/mol. The van der Waals surface area contributed by atoms with Crippen molar-refractivity contribution in [3.63, 3.8) is 0 Å². The normalized spacial score (nSPS) is 11.8. The lowest BCUT2D eigenvalue weighted by atomic mass is 9.90. The van der Waals surface area contributed by atoms with Gasteiger partial charge in [0, 0.05) is 10.5 Å². The summed E-state index contributed by atoms with van der Waals surface area (Å²) in [7, 11) is 0. The van der Waals surface area contributed by atoms with Crippen LogP contribution in [0.2, 0.25) is 0 Å². The van der Waals surface area contributed by atoms with Gasteiger partial charge in [0.05, 0.1) is 12.8 Å². The summed E-state index contributed by atoms with van der Waals surface area (Å²) in [6.45, 7) is 4.55. The van der Waals surface area contributed by atoms with Gasteiger partial charge < -0.3 is 10.2 Å². The van der Waals surface area contributed by atoms with Gasteiger partial charge in [0.1, 0.15) is 0 Å². The fraction of sp³-hybridized carbons (Fsp3) is 0.950. The zero-order valence-electron chi connectivity index (χ0n) is 30.4. The molecule has 45 heavy (non-hydrogen) atoms. The van der Waals surface area contributed by atoms with Gasteiger partial charge in [-0.15, -0.1) is 0 Å². The van der Waals surface area contributed by atoms with Crippen LogP contribution in [0.5, 0.6) is 0 Å². The molecule has 0 spiro atoms. The number of aliphatic carboxylic acids is 2. The summed E-state index contributed by atoms with van der Waals surface area (Å²) >= 11 is 1.64. The first kappa shape index (κ1) is 44.3. The summed E-state index contributed by atoms with van der Waals surface area (Å²) < 4.78 is -0.311. The van der Waals surface area contributed by atoms with Crippen LogP contribution in [-0.2, 0) is 9.59 Å². The largest absolute Gasteiger partial charge is 0.481 e. The molecule has 268 valence electrons. The SMILES string of the molecule is CCCCCCCCCCCCCCCCCC(CCCCCCCCCCCCCCCCC)(CC(=O)O)SCCC(=O)O. The fourth-order valence-corrected chi connectivity index (χ4v) is 8.28. The first-order chi connectivity index (χ1) is 22.0. The fourth-order valence-electron chi connectivity index (χ4n) is 6.76. The summed E-state index contributed by atoms with van der Waals surface area (Å²) in [6, 6.07) is 0. The van der Waals surface area contributed by atoms with Gasteiger partial charge in [-0.25, -0.2) is 0 Å². The van der Waals surface area contributed by atoms with Gasteiger partial charge in [0.2, 0.25) is 0 Å². The average Bonchev–Trinajstić information content (AvgIpc) is 3.00. The summed E-state index contributed by atoms with van der Waals surface area (Å²) in [6.07, 6.45) is 42.0. The second-order valence-corrected chi connectivity index (χ2v) is 15.7. The van der Waals surface area contributed by atoms with Gasteiger partial charge in [0.25, 0.3) is 0 Å². The number of hydrogen-bond donors (Lipinski definition) is 2. The molecule has 0 aliphatic carbocycles. The summed E-state index contributed by atoms with van der Waals surface area (Å²) in [4.78, 5) is 23.1. The van der Waals surface area contributed by atoms with E-state index >= 15 is 0 Å². The van der Waals surface area contributed by atoms with Crippen molar-refractivity contribution in [3.8, 4) is 0 Å². The molecule has 0 aromatic rings. The maximum absolute atomic E-state index is 11.9. The molecule has 0 amide bonds. The van der Waals surface area contributed by atoms with Gasteiger partial charge in [-0.1, -0.05) is 206 Å². The van der Waals surface area contributed by atoms with Crippen molar-refractivity contribution in [1.82, 2.24) is 0 Å². The lowest BCUT2D eigenvalue weighted by Crippen LogP contribution is -2.29. The van der Waals surface area contributed by atoms with Crippen LogP contribution in [0.4, 0.5) is 0 Å². The maximum atomic E-state index is 11.9. The zero-order valence-corrected chi connectivity index (χ0v) is 31.2. The molecule has 0 bridgehead atoms. The van der Waals surface area contributed by atoms with E-state index in [4.69, 9.17) is 0 Å². The zero-order chi connectivity index (χ0) is 33.1. The van der Waals surface area contributed by atoms with Crippen molar-refractivity contribution in [2.45, 2.75) is 237 Å². The van der Waals surface area contributed by atoms with Crippen molar-refractivity contribution in [3.05, 3.63) is 0 Å². The van der Waals surface area contributed by atoms with Crippen LogP contribution in [0.25, 0.3) is 0 Å². The van der Waals surface area contributed by atoms with E-state index in [2.05, 4.69) is 13.8 Å². The number of carboxylic acids is 2. The number of carbonyl (C=O) groups is 2. The van der Waals surface area contributed by atoms with E-state index in [1.165, 1.54) is 167 Å². The van der Waals surface area contributed by atoms with Crippen molar-refractivity contribution < 1.29 is 19.8 Å². The average molecular weight is 655 g/mol. The number of rotatable bonds is 38. The van der Waals surface area contributed by atoms with E-state index in [1.807, 2.05) is 0 Å². The van der Waals surface area contributed by atoms with Gasteiger partial charge in [-0.3, -0.25) is 9.59 Å². The minimum absolute atomic E-state index is 0.115. The Morgan fingerprint density at radius 2 is 0.689 bits per heavy atom. The summed E-state index contributed by atoms with van der Waals surface area (Å²) in [5, 5.41) is 19.0. The highest BCUT2D eigenvalue weighted by Crippen LogP contribution is 2.40. The van der Waals surface area contributed by atoms with Crippen LogP contribution < -0.4 is 0 Å². The van der Waals surface area contributed by atoms with Crippen LogP contribution in [0, 0.1) is 0 Å². The van der Waals surface area contributed by atoms with Gasteiger partial charge in [-0.05, 0) is 12.8 Å². The second kappa shape index (κ2) is 34.6. The molecule has 5 heteroatoms. The first-order valence-electron chi connectivity index (χ1n) is 20.0. The topological polar surface area (TPSA) is 74.6 Å². The highest BCUT2D eigenvalue weighted by molar-refractivity contribution is 8.00. The molecule has 0 aliphatic rings. The smallest absolute Gasteiger partial charge is 0.304 e. The third-order valence-electron chi connectivity index (χ3n) is 9.67. The molecule has 0 atom stereocenters. The highest BCUT2D eigenvalue weighted by atomic mass is 32.2. The van der Waals surface area contributed by atoms with Crippen molar-refractivity contribution >= 4 is 23.7 Å². The quantitative estimate of drug-likeness (QED) is 0.0648. The van der Waals surface area contributed by atoms with Crippen molar-refractivity contribution in [2.24, 2.45) is 0 Å². The van der Waals surface area contributed by atoms with Crippen molar-refractivity contribution in [1.29, 1.82) is 0 Å². The lowest BCUT2D eigenvalue weighted by Gasteiger charge is -2.32. The van der Waals surface area contributed by atoms with Crippen LogP contribution in [-0.4, -0.2) is 32.7 Å². The molecular weight excluding hydrogens is 577 g/mol. The highest BCUT2D eigenvalue weighted by Gasteiger charge is 2.32. The molecule has 2 N–H and O–H groups in total. The molecule has 0 saturated carbocycles. The van der Waals surface area contributed by atoms with Crippen molar-refractivity contribution in [2.75, 3.05) is 5.75 Å². The molecule has 0 radical (unpaired) electrons.